The summed E-state index contributed by atoms with van der Waals surface area (Å²) in [5.74, 6) is 0. The molecule has 0 amide bonds. The number of pyridine rings is 1. The summed E-state index contributed by atoms with van der Waals surface area (Å²) >= 11 is 0. The Labute approximate surface area is 165 Å². The van der Waals surface area contributed by atoms with Crippen molar-refractivity contribution in [2.75, 3.05) is 0 Å². The normalized spacial score (nSPS) is 11.2. The van der Waals surface area contributed by atoms with Crippen LogP contribution in [0.5, 0.6) is 0 Å². The topological polar surface area (TPSA) is 113 Å². The van der Waals surface area contributed by atoms with Crippen LogP contribution in [0.1, 0.15) is 22.5 Å². The smallest absolute Gasteiger partial charge is 0.269 e. The van der Waals surface area contributed by atoms with Crippen LogP contribution in [0.25, 0.3) is 24.3 Å². The minimum atomic E-state index is -0.472. The van der Waals surface area contributed by atoms with Crippen molar-refractivity contribution < 1.29 is 14.6 Å². The maximum Gasteiger partial charge on any atom is 0.269 e. The first-order chi connectivity index (χ1) is 13.9. The van der Waals surface area contributed by atoms with E-state index >= 15 is 0 Å². The van der Waals surface area contributed by atoms with E-state index in [9.17, 15) is 25.4 Å². The zero-order chi connectivity index (χ0) is 20.8. The van der Waals surface area contributed by atoms with Crippen LogP contribution in [0, 0.1) is 25.4 Å². The second kappa shape index (κ2) is 8.57. The van der Waals surface area contributed by atoms with Gasteiger partial charge >= 0.3 is 0 Å². The summed E-state index contributed by atoms with van der Waals surface area (Å²) < 4.78 is 0.754. The second-order valence-corrected chi connectivity index (χ2v) is 6.03. The SMILES string of the molecule is O=[N+]([O-])c1ccc(/C=C/c2cccc(/C=C/c3ccc([N+](=O)[O-])cc3)[n+]2[O-])cc1. The standard InChI is InChI=1S/C21H15N3O5/c25-22-18(10-4-16-6-12-20(13-7-16)23(26)27)2-1-3-19(22)11-5-17-8-14-21(15-9-17)24(28)29/h1-15H/b10-4+,11-5+. The Morgan fingerprint density at radius 1 is 0.621 bits per heavy atom. The van der Waals surface area contributed by atoms with Crippen LogP contribution in [-0.2, 0) is 0 Å². The van der Waals surface area contributed by atoms with Crippen molar-refractivity contribution in [1.29, 1.82) is 0 Å². The van der Waals surface area contributed by atoms with Gasteiger partial charge in [0.05, 0.1) is 9.85 Å². The average Bonchev–Trinajstić information content (AvgIpc) is 2.72. The second-order valence-electron chi connectivity index (χ2n) is 6.03. The molecule has 0 spiro atoms. The molecule has 3 aromatic rings. The first-order valence-electron chi connectivity index (χ1n) is 8.52. The van der Waals surface area contributed by atoms with E-state index in [2.05, 4.69) is 0 Å². The zero-order valence-corrected chi connectivity index (χ0v) is 15.0. The minimum Gasteiger partial charge on any atom is -0.618 e. The van der Waals surface area contributed by atoms with Gasteiger partial charge in [0.2, 0.25) is 11.4 Å². The molecule has 144 valence electrons. The highest BCUT2D eigenvalue weighted by molar-refractivity contribution is 5.69. The summed E-state index contributed by atoms with van der Waals surface area (Å²) in [4.78, 5) is 20.4. The van der Waals surface area contributed by atoms with Gasteiger partial charge in [0.25, 0.3) is 11.4 Å². The fraction of sp³-hybridized carbons (Fsp3) is 0. The molecule has 0 bridgehead atoms. The molecule has 0 unspecified atom stereocenters. The van der Waals surface area contributed by atoms with E-state index in [1.165, 1.54) is 24.3 Å². The van der Waals surface area contributed by atoms with Crippen molar-refractivity contribution in [2.24, 2.45) is 0 Å². The summed E-state index contributed by atoms with van der Waals surface area (Å²) in [6.45, 7) is 0. The first kappa shape index (κ1) is 19.4. The predicted octanol–water partition coefficient (Wildman–Crippen LogP) is 4.48. The number of nitrogens with zero attached hydrogens (tertiary/aromatic N) is 3. The summed E-state index contributed by atoms with van der Waals surface area (Å²) in [6, 6.07) is 17.0. The quantitative estimate of drug-likeness (QED) is 0.267. The van der Waals surface area contributed by atoms with Crippen molar-refractivity contribution in [3.63, 3.8) is 0 Å². The van der Waals surface area contributed by atoms with Crippen LogP contribution < -0.4 is 4.73 Å². The van der Waals surface area contributed by atoms with Gasteiger partial charge in [-0.1, -0.05) is 0 Å². The van der Waals surface area contributed by atoms with Crippen molar-refractivity contribution >= 4 is 35.7 Å². The Morgan fingerprint density at radius 2 is 1.00 bits per heavy atom. The lowest BCUT2D eigenvalue weighted by molar-refractivity contribution is -0.609. The molecule has 0 atom stereocenters. The molecule has 3 rings (SSSR count). The van der Waals surface area contributed by atoms with Crippen molar-refractivity contribution in [2.45, 2.75) is 0 Å². The number of nitro benzene ring substituents is 2. The van der Waals surface area contributed by atoms with Crippen LogP contribution in [0.2, 0.25) is 0 Å². The summed E-state index contributed by atoms with van der Waals surface area (Å²) in [7, 11) is 0. The van der Waals surface area contributed by atoms with E-state index in [0.717, 1.165) is 15.9 Å². The Kier molecular flexibility index (Phi) is 5.74. The van der Waals surface area contributed by atoms with Gasteiger partial charge in [0.1, 0.15) is 0 Å². The third kappa shape index (κ3) is 4.89. The van der Waals surface area contributed by atoms with Crippen LogP contribution >= 0.6 is 0 Å². The highest BCUT2D eigenvalue weighted by Gasteiger charge is 2.07. The van der Waals surface area contributed by atoms with E-state index in [-0.39, 0.29) is 11.4 Å². The molecular weight excluding hydrogens is 374 g/mol. The average molecular weight is 389 g/mol. The van der Waals surface area contributed by atoms with Gasteiger partial charge in [0.15, 0.2) is 0 Å². The third-order valence-corrected chi connectivity index (χ3v) is 4.10. The largest absolute Gasteiger partial charge is 0.618 e. The zero-order valence-electron chi connectivity index (χ0n) is 15.0. The van der Waals surface area contributed by atoms with Gasteiger partial charge < -0.3 is 5.21 Å². The fourth-order valence-electron chi connectivity index (χ4n) is 2.55. The number of aromatic nitrogens is 1. The van der Waals surface area contributed by atoms with Crippen molar-refractivity contribution in [3.05, 3.63) is 115 Å². The number of non-ortho nitro benzene ring substituents is 2. The van der Waals surface area contributed by atoms with Gasteiger partial charge in [-0.25, -0.2) is 0 Å². The molecule has 0 radical (unpaired) electrons. The molecular formula is C21H15N3O5. The molecule has 0 aliphatic carbocycles. The summed E-state index contributed by atoms with van der Waals surface area (Å²) in [5.41, 5.74) is 2.24. The van der Waals surface area contributed by atoms with E-state index in [0.29, 0.717) is 11.4 Å². The first-order valence-corrected chi connectivity index (χ1v) is 8.52. The molecule has 8 heteroatoms. The summed E-state index contributed by atoms with van der Waals surface area (Å²) in [5, 5.41) is 33.9. The van der Waals surface area contributed by atoms with Crippen LogP contribution in [0.15, 0.2) is 66.7 Å². The van der Waals surface area contributed by atoms with Gasteiger partial charge in [-0.15, -0.1) is 0 Å². The van der Waals surface area contributed by atoms with E-state index < -0.39 is 9.85 Å². The Balaban J connectivity index is 1.78. The monoisotopic (exact) mass is 389 g/mol. The Morgan fingerprint density at radius 3 is 1.34 bits per heavy atom. The van der Waals surface area contributed by atoms with Crippen molar-refractivity contribution in [1.82, 2.24) is 0 Å². The van der Waals surface area contributed by atoms with Gasteiger partial charge in [-0.05, 0) is 53.6 Å². The molecule has 0 aliphatic rings. The van der Waals surface area contributed by atoms with Gasteiger partial charge in [0, 0.05) is 48.6 Å². The molecule has 0 aliphatic heterocycles. The van der Waals surface area contributed by atoms with E-state index in [4.69, 9.17) is 0 Å². The molecule has 1 heterocycles. The molecule has 0 N–H and O–H groups in total. The van der Waals surface area contributed by atoms with Crippen LogP contribution in [0.4, 0.5) is 11.4 Å². The molecule has 0 saturated heterocycles. The number of benzene rings is 2. The Hall–Kier alpha value is -4.33. The lowest BCUT2D eigenvalue weighted by atomic mass is 10.1. The fourth-order valence-corrected chi connectivity index (χ4v) is 2.55. The molecule has 2 aromatic carbocycles. The maximum atomic E-state index is 12.5. The van der Waals surface area contributed by atoms with E-state index in [1.807, 2.05) is 0 Å². The molecule has 8 nitrogen and oxygen atoms in total. The molecule has 0 saturated carbocycles. The molecule has 1 aromatic heterocycles. The number of hydrogen-bond donors (Lipinski definition) is 0. The minimum absolute atomic E-state index is 0.000539. The highest BCUT2D eigenvalue weighted by atomic mass is 16.6. The van der Waals surface area contributed by atoms with Crippen LogP contribution in [0.3, 0.4) is 0 Å². The van der Waals surface area contributed by atoms with Gasteiger partial charge in [-0.2, -0.15) is 4.73 Å². The van der Waals surface area contributed by atoms with Crippen LogP contribution in [-0.4, -0.2) is 9.85 Å². The lowest BCUT2D eigenvalue weighted by Crippen LogP contribution is -2.33. The number of rotatable bonds is 6. The van der Waals surface area contributed by atoms with Crippen molar-refractivity contribution in [3.8, 4) is 0 Å². The number of hydrogen-bond acceptors (Lipinski definition) is 5. The third-order valence-electron chi connectivity index (χ3n) is 4.10. The highest BCUT2D eigenvalue weighted by Crippen LogP contribution is 2.15. The summed E-state index contributed by atoms with van der Waals surface area (Å²) in [6.07, 6.45) is 6.63. The number of nitro groups is 2. The molecule has 29 heavy (non-hydrogen) atoms. The molecule has 0 fully saturated rings. The predicted molar refractivity (Wildman–Crippen MR) is 109 cm³/mol. The Bertz CT molecular complexity index is 1020. The lowest BCUT2D eigenvalue weighted by Gasteiger charge is -2.04. The van der Waals surface area contributed by atoms with E-state index in [1.54, 1.807) is 66.8 Å². The maximum absolute atomic E-state index is 12.5. The van der Waals surface area contributed by atoms with Gasteiger partial charge in [-0.3, -0.25) is 20.2 Å².